The van der Waals surface area contributed by atoms with Crippen LogP contribution in [0.1, 0.15) is 25.8 Å². The van der Waals surface area contributed by atoms with Gasteiger partial charge < -0.3 is 5.32 Å². The standard InChI is InChI=1S/C15H21N3O/c1-4-12(2)10-18(3)11-15(19)17-14-7-5-13(9-16)6-8-14/h5-8,12H,4,10-11H2,1-3H3,(H,17,19). The number of carbonyl (C=O) groups excluding carboxylic acids is 1. The summed E-state index contributed by atoms with van der Waals surface area (Å²) in [6.45, 7) is 5.62. The van der Waals surface area contributed by atoms with E-state index in [1.54, 1.807) is 24.3 Å². The van der Waals surface area contributed by atoms with Crippen molar-refractivity contribution >= 4 is 11.6 Å². The first-order valence-electron chi connectivity index (χ1n) is 6.53. The summed E-state index contributed by atoms with van der Waals surface area (Å²) in [6, 6.07) is 8.92. The first-order valence-corrected chi connectivity index (χ1v) is 6.53. The van der Waals surface area contributed by atoms with Crippen LogP contribution in [0.5, 0.6) is 0 Å². The van der Waals surface area contributed by atoms with Gasteiger partial charge in [-0.1, -0.05) is 20.3 Å². The second-order valence-corrected chi connectivity index (χ2v) is 4.95. The highest BCUT2D eigenvalue weighted by atomic mass is 16.2. The summed E-state index contributed by atoms with van der Waals surface area (Å²) < 4.78 is 0. The lowest BCUT2D eigenvalue weighted by molar-refractivity contribution is -0.117. The molecular weight excluding hydrogens is 238 g/mol. The van der Waals surface area contributed by atoms with Crippen molar-refractivity contribution in [2.75, 3.05) is 25.5 Å². The zero-order valence-corrected chi connectivity index (χ0v) is 11.8. The number of carbonyl (C=O) groups is 1. The highest BCUT2D eigenvalue weighted by Gasteiger charge is 2.09. The SMILES string of the molecule is CCC(C)CN(C)CC(=O)Nc1ccc(C#N)cc1. The summed E-state index contributed by atoms with van der Waals surface area (Å²) in [6.07, 6.45) is 1.11. The lowest BCUT2D eigenvalue weighted by Crippen LogP contribution is -2.33. The molecule has 1 aromatic rings. The van der Waals surface area contributed by atoms with Crippen LogP contribution in [-0.4, -0.2) is 30.9 Å². The minimum Gasteiger partial charge on any atom is -0.325 e. The second-order valence-electron chi connectivity index (χ2n) is 4.95. The van der Waals surface area contributed by atoms with Crippen LogP contribution in [0, 0.1) is 17.2 Å². The molecule has 1 amide bonds. The number of nitrogens with zero attached hydrogens (tertiary/aromatic N) is 2. The maximum atomic E-state index is 11.8. The van der Waals surface area contributed by atoms with Gasteiger partial charge in [0.05, 0.1) is 18.2 Å². The first kappa shape index (κ1) is 15.2. The van der Waals surface area contributed by atoms with Gasteiger partial charge in [-0.2, -0.15) is 5.26 Å². The Labute approximate surface area is 115 Å². The van der Waals surface area contributed by atoms with Crippen molar-refractivity contribution in [3.63, 3.8) is 0 Å². The number of hydrogen-bond donors (Lipinski definition) is 1. The van der Waals surface area contributed by atoms with Crippen molar-refractivity contribution in [1.82, 2.24) is 4.90 Å². The summed E-state index contributed by atoms with van der Waals surface area (Å²) in [4.78, 5) is 13.9. The lowest BCUT2D eigenvalue weighted by atomic mass is 10.1. The highest BCUT2D eigenvalue weighted by molar-refractivity contribution is 5.92. The molecule has 0 fully saturated rings. The highest BCUT2D eigenvalue weighted by Crippen LogP contribution is 2.09. The Kier molecular flexibility index (Phi) is 6.04. The van der Waals surface area contributed by atoms with Gasteiger partial charge in [0.2, 0.25) is 5.91 Å². The van der Waals surface area contributed by atoms with Gasteiger partial charge in [0.15, 0.2) is 0 Å². The fraction of sp³-hybridized carbons (Fsp3) is 0.467. The predicted molar refractivity (Wildman–Crippen MR) is 76.7 cm³/mol. The number of likely N-dealkylation sites (N-methyl/N-ethyl adjacent to an activating group) is 1. The minimum atomic E-state index is -0.0319. The Morgan fingerprint density at radius 3 is 2.58 bits per heavy atom. The fourth-order valence-electron chi connectivity index (χ4n) is 1.80. The Bertz CT molecular complexity index is 447. The van der Waals surface area contributed by atoms with E-state index in [1.807, 2.05) is 18.0 Å². The third-order valence-corrected chi connectivity index (χ3v) is 3.03. The van der Waals surface area contributed by atoms with Crippen LogP contribution in [0.25, 0.3) is 0 Å². The number of nitriles is 1. The van der Waals surface area contributed by atoms with E-state index >= 15 is 0 Å². The summed E-state index contributed by atoms with van der Waals surface area (Å²) >= 11 is 0. The Hall–Kier alpha value is -1.86. The van der Waals surface area contributed by atoms with Crippen molar-refractivity contribution in [3.8, 4) is 6.07 Å². The van der Waals surface area contributed by atoms with Crippen LogP contribution in [0.3, 0.4) is 0 Å². The molecule has 0 aliphatic rings. The topological polar surface area (TPSA) is 56.1 Å². The van der Waals surface area contributed by atoms with Crippen molar-refractivity contribution in [1.29, 1.82) is 5.26 Å². The van der Waals surface area contributed by atoms with Gasteiger partial charge in [-0.15, -0.1) is 0 Å². The van der Waals surface area contributed by atoms with Gasteiger partial charge in [0.1, 0.15) is 0 Å². The molecule has 0 aliphatic heterocycles. The zero-order valence-electron chi connectivity index (χ0n) is 11.8. The molecule has 0 saturated heterocycles. The average molecular weight is 259 g/mol. The minimum absolute atomic E-state index is 0.0319. The van der Waals surface area contributed by atoms with E-state index in [4.69, 9.17) is 5.26 Å². The third kappa shape index (κ3) is 5.54. The van der Waals surface area contributed by atoms with E-state index in [9.17, 15) is 4.79 Å². The molecule has 19 heavy (non-hydrogen) atoms. The van der Waals surface area contributed by atoms with E-state index in [0.717, 1.165) is 18.7 Å². The van der Waals surface area contributed by atoms with Crippen LogP contribution in [-0.2, 0) is 4.79 Å². The van der Waals surface area contributed by atoms with Gasteiger partial charge >= 0.3 is 0 Å². The van der Waals surface area contributed by atoms with E-state index in [0.29, 0.717) is 18.0 Å². The van der Waals surface area contributed by atoms with Crippen molar-refractivity contribution in [2.24, 2.45) is 5.92 Å². The van der Waals surface area contributed by atoms with Gasteiger partial charge in [-0.05, 0) is 37.2 Å². The molecule has 1 rings (SSSR count). The Morgan fingerprint density at radius 1 is 1.42 bits per heavy atom. The molecule has 4 nitrogen and oxygen atoms in total. The number of hydrogen-bond acceptors (Lipinski definition) is 3. The van der Waals surface area contributed by atoms with E-state index in [-0.39, 0.29) is 5.91 Å². The molecule has 1 atom stereocenters. The Balaban J connectivity index is 2.44. The molecule has 1 aromatic carbocycles. The monoisotopic (exact) mass is 259 g/mol. The molecule has 4 heteroatoms. The largest absolute Gasteiger partial charge is 0.325 e. The number of nitrogens with one attached hydrogen (secondary N) is 1. The summed E-state index contributed by atoms with van der Waals surface area (Å²) in [5.74, 6) is 0.559. The summed E-state index contributed by atoms with van der Waals surface area (Å²) in [5.41, 5.74) is 1.31. The smallest absolute Gasteiger partial charge is 0.238 e. The van der Waals surface area contributed by atoms with E-state index in [1.165, 1.54) is 0 Å². The van der Waals surface area contributed by atoms with E-state index in [2.05, 4.69) is 19.2 Å². The molecular formula is C15H21N3O. The lowest BCUT2D eigenvalue weighted by Gasteiger charge is -2.19. The molecule has 0 aromatic heterocycles. The quantitative estimate of drug-likeness (QED) is 0.854. The van der Waals surface area contributed by atoms with Gasteiger partial charge in [-0.3, -0.25) is 9.69 Å². The van der Waals surface area contributed by atoms with Crippen LogP contribution in [0.15, 0.2) is 24.3 Å². The Morgan fingerprint density at radius 2 is 2.05 bits per heavy atom. The molecule has 102 valence electrons. The molecule has 0 radical (unpaired) electrons. The maximum absolute atomic E-state index is 11.8. The molecule has 0 spiro atoms. The van der Waals surface area contributed by atoms with Gasteiger partial charge in [0.25, 0.3) is 0 Å². The van der Waals surface area contributed by atoms with Crippen LogP contribution in [0.4, 0.5) is 5.69 Å². The van der Waals surface area contributed by atoms with Crippen LogP contribution >= 0.6 is 0 Å². The fourth-order valence-corrected chi connectivity index (χ4v) is 1.80. The molecule has 0 heterocycles. The first-order chi connectivity index (χ1) is 9.05. The van der Waals surface area contributed by atoms with Crippen LogP contribution in [0.2, 0.25) is 0 Å². The van der Waals surface area contributed by atoms with Crippen molar-refractivity contribution in [2.45, 2.75) is 20.3 Å². The second kappa shape index (κ2) is 7.55. The third-order valence-electron chi connectivity index (χ3n) is 3.03. The summed E-state index contributed by atoms with van der Waals surface area (Å²) in [5, 5.41) is 11.5. The molecule has 1 unspecified atom stereocenters. The van der Waals surface area contributed by atoms with Gasteiger partial charge in [0, 0.05) is 12.2 Å². The van der Waals surface area contributed by atoms with Crippen molar-refractivity contribution < 1.29 is 4.79 Å². The molecule has 0 bridgehead atoms. The summed E-state index contributed by atoms with van der Waals surface area (Å²) in [7, 11) is 1.95. The van der Waals surface area contributed by atoms with E-state index < -0.39 is 0 Å². The van der Waals surface area contributed by atoms with Crippen LogP contribution < -0.4 is 5.32 Å². The number of benzene rings is 1. The maximum Gasteiger partial charge on any atom is 0.238 e. The van der Waals surface area contributed by atoms with Gasteiger partial charge in [-0.25, -0.2) is 0 Å². The predicted octanol–water partition coefficient (Wildman–Crippen LogP) is 2.47. The number of rotatable bonds is 6. The number of anilines is 1. The molecule has 0 aliphatic carbocycles. The molecule has 0 saturated carbocycles. The number of amides is 1. The average Bonchev–Trinajstić information content (AvgIpc) is 2.39. The van der Waals surface area contributed by atoms with Crippen molar-refractivity contribution in [3.05, 3.63) is 29.8 Å². The molecule has 1 N–H and O–H groups in total. The normalized spacial score (nSPS) is 11.9. The zero-order chi connectivity index (χ0) is 14.3.